The van der Waals surface area contributed by atoms with Gasteiger partial charge in [-0.15, -0.1) is 0 Å². The molecule has 22 heavy (non-hydrogen) atoms. The van der Waals surface area contributed by atoms with Crippen molar-refractivity contribution in [1.29, 1.82) is 0 Å². The predicted molar refractivity (Wildman–Crippen MR) is 88.0 cm³/mol. The third kappa shape index (κ3) is 2.29. The van der Waals surface area contributed by atoms with Crippen LogP contribution < -0.4 is 0 Å². The number of rotatable bonds is 2. The first-order chi connectivity index (χ1) is 10.4. The van der Waals surface area contributed by atoms with Gasteiger partial charge in [0.25, 0.3) is 0 Å². The molecular formula is C17H15ClFN3. The quantitative estimate of drug-likeness (QED) is 0.632. The minimum Gasteiger partial charge on any atom is -0.281 e. The van der Waals surface area contributed by atoms with E-state index in [1.54, 1.807) is 17.6 Å². The Morgan fingerprint density at radius 2 is 1.95 bits per heavy atom. The summed E-state index contributed by atoms with van der Waals surface area (Å²) in [6.45, 7) is 9.29. The molecule has 3 rings (SSSR count). The van der Waals surface area contributed by atoms with Crippen LogP contribution in [0.2, 0.25) is 5.15 Å². The van der Waals surface area contributed by atoms with Gasteiger partial charge in [-0.25, -0.2) is 14.4 Å². The lowest BCUT2D eigenvalue weighted by molar-refractivity contribution is 0.622. The van der Waals surface area contributed by atoms with Gasteiger partial charge in [0, 0.05) is 5.56 Å². The van der Waals surface area contributed by atoms with Gasteiger partial charge in [-0.1, -0.05) is 18.2 Å². The molecule has 0 amide bonds. The van der Waals surface area contributed by atoms with Crippen LogP contribution in [0.4, 0.5) is 4.39 Å². The average molecular weight is 316 g/mol. The summed E-state index contributed by atoms with van der Waals surface area (Å²) < 4.78 is 16.0. The molecule has 3 nitrogen and oxygen atoms in total. The number of benzene rings is 1. The van der Waals surface area contributed by atoms with E-state index in [0.29, 0.717) is 27.6 Å². The molecule has 112 valence electrons. The summed E-state index contributed by atoms with van der Waals surface area (Å²) in [7, 11) is 0. The SMILES string of the molecule is C=C(C)c1ccc(-n2c(C)nc3cc(C)c(Cl)nc32)cc1F. The van der Waals surface area contributed by atoms with Crippen LogP contribution in [0.25, 0.3) is 22.4 Å². The Bertz CT molecular complexity index is 912. The highest BCUT2D eigenvalue weighted by atomic mass is 35.5. The molecule has 0 unspecified atom stereocenters. The Balaban J connectivity index is 2.26. The standard InChI is InChI=1S/C17H15ClFN3/c1-9(2)13-6-5-12(8-14(13)19)22-11(4)20-15-7-10(3)16(18)21-17(15)22/h5-8H,1H2,2-4H3. The minimum atomic E-state index is -0.315. The maximum atomic E-state index is 14.2. The third-order valence-corrected chi connectivity index (χ3v) is 3.98. The highest BCUT2D eigenvalue weighted by Crippen LogP contribution is 2.26. The Morgan fingerprint density at radius 3 is 2.59 bits per heavy atom. The summed E-state index contributed by atoms with van der Waals surface area (Å²) in [5.74, 6) is 0.413. The van der Waals surface area contributed by atoms with Crippen molar-refractivity contribution in [3.8, 4) is 5.69 Å². The van der Waals surface area contributed by atoms with Crippen molar-refractivity contribution >= 4 is 28.3 Å². The molecular weight excluding hydrogens is 301 g/mol. The lowest BCUT2D eigenvalue weighted by Crippen LogP contribution is -2.00. The van der Waals surface area contributed by atoms with E-state index < -0.39 is 0 Å². The number of pyridine rings is 1. The molecule has 0 saturated heterocycles. The van der Waals surface area contributed by atoms with Crippen LogP contribution in [0.1, 0.15) is 23.9 Å². The number of aryl methyl sites for hydroxylation is 2. The first-order valence-corrected chi connectivity index (χ1v) is 7.24. The number of hydrogen-bond acceptors (Lipinski definition) is 2. The van der Waals surface area contributed by atoms with Crippen LogP contribution in [-0.4, -0.2) is 14.5 Å². The summed E-state index contributed by atoms with van der Waals surface area (Å²) in [5.41, 5.74) is 4.08. The van der Waals surface area contributed by atoms with Gasteiger partial charge in [0.05, 0.1) is 5.69 Å². The Labute approximate surface area is 133 Å². The topological polar surface area (TPSA) is 30.7 Å². The van der Waals surface area contributed by atoms with Crippen molar-refractivity contribution in [2.75, 3.05) is 0 Å². The Morgan fingerprint density at radius 1 is 1.23 bits per heavy atom. The van der Waals surface area contributed by atoms with Gasteiger partial charge < -0.3 is 0 Å². The molecule has 0 aliphatic rings. The molecule has 0 spiro atoms. The van der Waals surface area contributed by atoms with Gasteiger partial charge in [0.1, 0.15) is 22.3 Å². The summed E-state index contributed by atoms with van der Waals surface area (Å²) in [6, 6.07) is 6.89. The number of halogens is 2. The van der Waals surface area contributed by atoms with Crippen LogP contribution >= 0.6 is 11.6 Å². The van der Waals surface area contributed by atoms with Gasteiger partial charge in [-0.2, -0.15) is 0 Å². The number of hydrogen-bond donors (Lipinski definition) is 0. The summed E-state index contributed by atoms with van der Waals surface area (Å²) in [4.78, 5) is 8.87. The van der Waals surface area contributed by atoms with Crippen molar-refractivity contribution in [1.82, 2.24) is 14.5 Å². The second-order valence-corrected chi connectivity index (χ2v) is 5.74. The van der Waals surface area contributed by atoms with Crippen molar-refractivity contribution in [3.63, 3.8) is 0 Å². The van der Waals surface area contributed by atoms with Gasteiger partial charge in [-0.3, -0.25) is 4.57 Å². The van der Waals surface area contributed by atoms with Gasteiger partial charge in [0.2, 0.25) is 0 Å². The molecule has 2 heterocycles. The van der Waals surface area contributed by atoms with E-state index in [1.165, 1.54) is 6.07 Å². The summed E-state index contributed by atoms with van der Waals surface area (Å²) >= 11 is 6.12. The zero-order chi connectivity index (χ0) is 16.0. The summed E-state index contributed by atoms with van der Waals surface area (Å²) in [5, 5.41) is 0.424. The zero-order valence-electron chi connectivity index (χ0n) is 12.6. The predicted octanol–water partition coefficient (Wildman–Crippen LogP) is 4.86. The van der Waals surface area contributed by atoms with E-state index in [2.05, 4.69) is 16.5 Å². The van der Waals surface area contributed by atoms with Crippen LogP contribution in [0.15, 0.2) is 30.8 Å². The lowest BCUT2D eigenvalue weighted by atomic mass is 10.1. The molecule has 0 atom stereocenters. The average Bonchev–Trinajstić information content (AvgIpc) is 2.74. The number of imidazole rings is 1. The fourth-order valence-electron chi connectivity index (χ4n) is 2.49. The smallest absolute Gasteiger partial charge is 0.166 e. The number of allylic oxidation sites excluding steroid dienone is 1. The monoisotopic (exact) mass is 315 g/mol. The third-order valence-electron chi connectivity index (χ3n) is 3.60. The van der Waals surface area contributed by atoms with Gasteiger partial charge in [0.15, 0.2) is 5.65 Å². The maximum Gasteiger partial charge on any atom is 0.166 e. The normalized spacial score (nSPS) is 11.1. The number of nitrogens with zero attached hydrogens (tertiary/aromatic N) is 3. The van der Waals surface area contributed by atoms with Crippen molar-refractivity contribution in [2.45, 2.75) is 20.8 Å². The fraction of sp³-hybridized carbons (Fsp3) is 0.176. The van der Waals surface area contributed by atoms with Crippen LogP contribution in [-0.2, 0) is 0 Å². The molecule has 0 saturated carbocycles. The highest BCUT2D eigenvalue weighted by Gasteiger charge is 2.14. The summed E-state index contributed by atoms with van der Waals surface area (Å²) in [6.07, 6.45) is 0. The molecule has 0 aliphatic carbocycles. The maximum absolute atomic E-state index is 14.2. The van der Waals surface area contributed by atoms with Crippen molar-refractivity contribution in [2.24, 2.45) is 0 Å². The molecule has 0 aliphatic heterocycles. The van der Waals surface area contributed by atoms with E-state index in [9.17, 15) is 4.39 Å². The largest absolute Gasteiger partial charge is 0.281 e. The van der Waals surface area contributed by atoms with Crippen LogP contribution in [0.3, 0.4) is 0 Å². The van der Waals surface area contributed by atoms with E-state index in [0.717, 1.165) is 16.9 Å². The van der Waals surface area contributed by atoms with E-state index in [-0.39, 0.29) is 5.82 Å². The van der Waals surface area contributed by atoms with E-state index >= 15 is 0 Å². The molecule has 0 N–H and O–H groups in total. The number of fused-ring (bicyclic) bond motifs is 1. The highest BCUT2D eigenvalue weighted by molar-refractivity contribution is 6.30. The van der Waals surface area contributed by atoms with Crippen molar-refractivity contribution < 1.29 is 4.39 Å². The minimum absolute atomic E-state index is 0.315. The van der Waals surface area contributed by atoms with Gasteiger partial charge >= 0.3 is 0 Å². The molecule has 3 aromatic rings. The molecule has 5 heteroatoms. The molecule has 0 bridgehead atoms. The first kappa shape index (κ1) is 14.7. The first-order valence-electron chi connectivity index (χ1n) is 6.86. The molecule has 0 fully saturated rings. The molecule has 2 aromatic heterocycles. The van der Waals surface area contributed by atoms with Gasteiger partial charge in [-0.05, 0) is 56.2 Å². The Kier molecular flexibility index (Phi) is 3.49. The number of aromatic nitrogens is 3. The molecule has 0 radical (unpaired) electrons. The zero-order valence-corrected chi connectivity index (χ0v) is 13.4. The Hall–Kier alpha value is -2.20. The lowest BCUT2D eigenvalue weighted by Gasteiger charge is -2.09. The van der Waals surface area contributed by atoms with E-state index in [4.69, 9.17) is 11.6 Å². The molecule has 1 aromatic carbocycles. The second-order valence-electron chi connectivity index (χ2n) is 5.38. The second kappa shape index (κ2) is 5.21. The van der Waals surface area contributed by atoms with Crippen LogP contribution in [0.5, 0.6) is 0 Å². The van der Waals surface area contributed by atoms with Crippen molar-refractivity contribution in [3.05, 3.63) is 58.8 Å². The van der Waals surface area contributed by atoms with E-state index in [1.807, 2.05) is 26.0 Å². The van der Waals surface area contributed by atoms with Crippen LogP contribution in [0, 0.1) is 19.7 Å². The fourth-order valence-corrected chi connectivity index (χ4v) is 2.62.